The van der Waals surface area contributed by atoms with Crippen molar-refractivity contribution in [3.8, 4) is 0 Å². The molecule has 0 radical (unpaired) electrons. The third kappa shape index (κ3) is 7.50. The van der Waals surface area contributed by atoms with Crippen molar-refractivity contribution in [2.45, 2.75) is 44.3 Å². The van der Waals surface area contributed by atoms with E-state index >= 15 is 0 Å². The molecule has 0 aromatic heterocycles. The molecule has 202 valence electrons. The minimum absolute atomic E-state index is 0.0140. The molecular weight excluding hydrogens is 613 g/mol. The van der Waals surface area contributed by atoms with Gasteiger partial charge in [0.05, 0.1) is 20.6 Å². The molecule has 7 nitrogen and oxygen atoms in total. The summed E-state index contributed by atoms with van der Waals surface area (Å²) in [5.74, 6) is -0.935. The number of nitrogens with one attached hydrogen (secondary N) is 1. The fourth-order valence-electron chi connectivity index (χ4n) is 3.70. The van der Waals surface area contributed by atoms with Crippen LogP contribution in [0.5, 0.6) is 0 Å². The van der Waals surface area contributed by atoms with Crippen LogP contribution in [-0.4, -0.2) is 43.8 Å². The molecule has 1 N–H and O–H groups in total. The minimum Gasteiger partial charge on any atom is -0.352 e. The molecule has 0 aliphatic carbocycles. The van der Waals surface area contributed by atoms with Gasteiger partial charge in [0.15, 0.2) is 0 Å². The van der Waals surface area contributed by atoms with Crippen molar-refractivity contribution in [3.63, 3.8) is 0 Å². The predicted octanol–water partition coefficient (Wildman–Crippen LogP) is 5.89. The lowest BCUT2D eigenvalue weighted by Gasteiger charge is -2.32. The molecule has 0 saturated heterocycles. The fourth-order valence-corrected chi connectivity index (χ4v) is 5.84. The lowest BCUT2D eigenvalue weighted by molar-refractivity contribution is -0.139. The largest absolute Gasteiger partial charge is 0.352 e. The highest BCUT2D eigenvalue weighted by Crippen LogP contribution is 2.28. The molecule has 0 unspecified atom stereocenters. The van der Waals surface area contributed by atoms with E-state index in [1.165, 1.54) is 17.0 Å². The van der Waals surface area contributed by atoms with Gasteiger partial charge in [-0.1, -0.05) is 69.5 Å². The highest BCUT2D eigenvalue weighted by Gasteiger charge is 2.32. The molecule has 0 saturated carbocycles. The third-order valence-corrected chi connectivity index (χ3v) is 8.66. The lowest BCUT2D eigenvalue weighted by Crippen LogP contribution is -2.52. The SMILES string of the molecule is CC(C)NC(=O)[C@H](C)N(Cc1ccc(Cl)c(Cl)c1)C(=O)CN(c1cccc(Br)c1)S(=O)(=O)c1ccccc1. The zero-order chi connectivity index (χ0) is 28.0. The minimum atomic E-state index is -4.12. The second-order valence-corrected chi connectivity index (χ2v) is 12.5. The number of benzene rings is 3. The van der Waals surface area contributed by atoms with Gasteiger partial charge >= 0.3 is 0 Å². The number of rotatable bonds is 10. The standard InChI is InChI=1S/C27H28BrCl2N3O4S/c1-18(2)31-27(35)19(3)32(16-20-12-13-24(29)25(30)14-20)26(34)17-33(22-9-7-8-21(28)15-22)38(36,37)23-10-5-4-6-11-23/h4-15,18-19H,16-17H2,1-3H3,(H,31,35)/t19-/m0/s1. The average molecular weight is 641 g/mol. The summed E-state index contributed by atoms with van der Waals surface area (Å²) in [4.78, 5) is 28.2. The first-order chi connectivity index (χ1) is 17.9. The Morgan fingerprint density at radius 1 is 0.921 bits per heavy atom. The molecular formula is C27H28BrCl2N3O4S. The highest BCUT2D eigenvalue weighted by atomic mass is 79.9. The van der Waals surface area contributed by atoms with Gasteiger partial charge in [-0.2, -0.15) is 0 Å². The van der Waals surface area contributed by atoms with Crippen molar-refractivity contribution in [3.05, 3.63) is 92.9 Å². The summed E-state index contributed by atoms with van der Waals surface area (Å²) in [7, 11) is -4.12. The Hall–Kier alpha value is -2.59. The molecule has 3 aromatic carbocycles. The van der Waals surface area contributed by atoms with E-state index in [4.69, 9.17) is 23.2 Å². The molecule has 0 fully saturated rings. The maximum atomic E-state index is 13.8. The molecule has 11 heteroatoms. The first-order valence-electron chi connectivity index (χ1n) is 11.8. The summed E-state index contributed by atoms with van der Waals surface area (Å²) >= 11 is 15.6. The van der Waals surface area contributed by atoms with E-state index in [0.717, 1.165) is 4.31 Å². The number of amides is 2. The number of hydrogen-bond donors (Lipinski definition) is 1. The Balaban J connectivity index is 2.03. The summed E-state index contributed by atoms with van der Waals surface area (Å²) in [6.07, 6.45) is 0. The zero-order valence-corrected chi connectivity index (χ0v) is 25.0. The fraction of sp³-hybridized carbons (Fsp3) is 0.259. The molecule has 0 bridgehead atoms. The van der Waals surface area contributed by atoms with Gasteiger partial charge in [0, 0.05) is 17.1 Å². The van der Waals surface area contributed by atoms with Crippen LogP contribution in [0.25, 0.3) is 0 Å². The molecule has 0 aliphatic heterocycles. The van der Waals surface area contributed by atoms with E-state index in [-0.39, 0.29) is 23.4 Å². The summed E-state index contributed by atoms with van der Waals surface area (Å²) in [6.45, 7) is 4.71. The second-order valence-electron chi connectivity index (χ2n) is 8.91. The highest BCUT2D eigenvalue weighted by molar-refractivity contribution is 9.10. The summed E-state index contributed by atoms with van der Waals surface area (Å²) in [5, 5.41) is 3.47. The number of anilines is 1. The van der Waals surface area contributed by atoms with Crippen molar-refractivity contribution >= 4 is 66.7 Å². The maximum Gasteiger partial charge on any atom is 0.264 e. The molecule has 0 heterocycles. The molecule has 1 atom stereocenters. The first kappa shape index (κ1) is 30.0. The Labute approximate surface area is 241 Å². The van der Waals surface area contributed by atoms with Gasteiger partial charge in [0.25, 0.3) is 10.0 Å². The van der Waals surface area contributed by atoms with E-state index in [9.17, 15) is 18.0 Å². The van der Waals surface area contributed by atoms with Crippen molar-refractivity contribution in [1.29, 1.82) is 0 Å². The Bertz CT molecular complexity index is 1400. The number of hydrogen-bond acceptors (Lipinski definition) is 4. The Morgan fingerprint density at radius 3 is 2.21 bits per heavy atom. The monoisotopic (exact) mass is 639 g/mol. The molecule has 3 aromatic rings. The summed E-state index contributed by atoms with van der Waals surface area (Å²) < 4.78 is 29.1. The van der Waals surface area contributed by atoms with Crippen LogP contribution in [0.2, 0.25) is 10.0 Å². The van der Waals surface area contributed by atoms with Crippen molar-refractivity contribution < 1.29 is 18.0 Å². The van der Waals surface area contributed by atoms with E-state index < -0.39 is 28.5 Å². The van der Waals surface area contributed by atoms with Crippen molar-refractivity contribution in [2.75, 3.05) is 10.8 Å². The van der Waals surface area contributed by atoms with Crippen molar-refractivity contribution in [1.82, 2.24) is 10.2 Å². The van der Waals surface area contributed by atoms with Gasteiger partial charge in [-0.15, -0.1) is 0 Å². The number of halogens is 3. The van der Waals surface area contributed by atoms with E-state index in [1.54, 1.807) is 67.6 Å². The van der Waals surface area contributed by atoms with Crippen LogP contribution >= 0.6 is 39.1 Å². The quantitative estimate of drug-likeness (QED) is 0.299. The Kier molecular flexibility index (Phi) is 10.2. The van der Waals surface area contributed by atoms with E-state index in [0.29, 0.717) is 25.8 Å². The summed E-state index contributed by atoms with van der Waals surface area (Å²) in [5.41, 5.74) is 0.933. The number of carbonyl (C=O) groups excluding carboxylic acids is 2. The predicted molar refractivity (Wildman–Crippen MR) is 155 cm³/mol. The first-order valence-corrected chi connectivity index (χ1v) is 14.8. The average Bonchev–Trinajstić information content (AvgIpc) is 2.87. The van der Waals surface area contributed by atoms with Crippen LogP contribution in [0, 0.1) is 0 Å². The van der Waals surface area contributed by atoms with E-state index in [1.807, 2.05) is 13.8 Å². The molecule has 38 heavy (non-hydrogen) atoms. The lowest BCUT2D eigenvalue weighted by atomic mass is 10.1. The number of carbonyl (C=O) groups is 2. The van der Waals surface area contributed by atoms with E-state index in [2.05, 4.69) is 21.2 Å². The zero-order valence-electron chi connectivity index (χ0n) is 21.1. The van der Waals surface area contributed by atoms with Gasteiger partial charge in [-0.05, 0) is 68.8 Å². The van der Waals surface area contributed by atoms with Gasteiger partial charge in [-0.3, -0.25) is 13.9 Å². The third-order valence-electron chi connectivity index (χ3n) is 5.64. The van der Waals surface area contributed by atoms with Crippen LogP contribution in [0.4, 0.5) is 5.69 Å². The van der Waals surface area contributed by atoms with Crippen LogP contribution < -0.4 is 9.62 Å². The molecule has 2 amide bonds. The van der Waals surface area contributed by atoms with Gasteiger partial charge in [-0.25, -0.2) is 8.42 Å². The maximum absolute atomic E-state index is 13.8. The normalized spacial score (nSPS) is 12.2. The van der Waals surface area contributed by atoms with Crippen LogP contribution in [-0.2, 0) is 26.2 Å². The second kappa shape index (κ2) is 13.0. The van der Waals surface area contributed by atoms with Gasteiger partial charge < -0.3 is 10.2 Å². The number of sulfonamides is 1. The molecule has 0 aliphatic rings. The smallest absolute Gasteiger partial charge is 0.264 e. The van der Waals surface area contributed by atoms with Gasteiger partial charge in [0.1, 0.15) is 12.6 Å². The number of nitrogens with zero attached hydrogens (tertiary/aromatic N) is 2. The van der Waals surface area contributed by atoms with Gasteiger partial charge in [0.2, 0.25) is 11.8 Å². The topological polar surface area (TPSA) is 86.8 Å². The Morgan fingerprint density at radius 2 is 1.61 bits per heavy atom. The van der Waals surface area contributed by atoms with Crippen LogP contribution in [0.1, 0.15) is 26.3 Å². The summed E-state index contributed by atoms with van der Waals surface area (Å²) in [6, 6.07) is 18.4. The van der Waals surface area contributed by atoms with Crippen LogP contribution in [0.15, 0.2) is 82.2 Å². The molecule has 3 rings (SSSR count). The molecule has 0 spiro atoms. The van der Waals surface area contributed by atoms with Crippen LogP contribution in [0.3, 0.4) is 0 Å². The van der Waals surface area contributed by atoms with Crippen molar-refractivity contribution in [2.24, 2.45) is 0 Å².